The van der Waals surface area contributed by atoms with Gasteiger partial charge < -0.3 is 11.1 Å². The Balaban J connectivity index is 0.00000289. The van der Waals surface area contributed by atoms with E-state index in [2.05, 4.69) is 0 Å². The number of rotatable bonds is 4. The van der Waals surface area contributed by atoms with Gasteiger partial charge in [-0.2, -0.15) is 13.2 Å². The Morgan fingerprint density at radius 1 is 1.50 bits per heavy atom. The van der Waals surface area contributed by atoms with Crippen molar-refractivity contribution in [3.63, 3.8) is 0 Å². The molecule has 1 atom stereocenters. The molecule has 1 saturated heterocycles. The largest absolute Gasteiger partial charge is 0.405 e. The fourth-order valence-corrected chi connectivity index (χ4v) is 1.89. The van der Waals surface area contributed by atoms with Gasteiger partial charge in [0, 0.05) is 6.54 Å². The van der Waals surface area contributed by atoms with Crippen LogP contribution in [0.15, 0.2) is 0 Å². The van der Waals surface area contributed by atoms with Crippen LogP contribution in [0.25, 0.3) is 0 Å². The highest BCUT2D eigenvalue weighted by molar-refractivity contribution is 5.85. The minimum atomic E-state index is -4.35. The Hall–Kier alpha value is -0.530. The summed E-state index contributed by atoms with van der Waals surface area (Å²) < 4.78 is 35.6. The van der Waals surface area contributed by atoms with Gasteiger partial charge in [0.1, 0.15) is 6.54 Å². The second kappa shape index (κ2) is 6.58. The summed E-state index contributed by atoms with van der Waals surface area (Å²) in [6.07, 6.45) is -3.48. The third-order valence-electron chi connectivity index (χ3n) is 2.98. The Labute approximate surface area is 110 Å². The first-order valence-electron chi connectivity index (χ1n) is 5.50. The molecule has 0 aliphatic carbocycles. The first-order chi connectivity index (χ1) is 7.74. The number of hydrogen-bond donors (Lipinski definition) is 2. The van der Waals surface area contributed by atoms with E-state index < -0.39 is 18.6 Å². The first-order valence-corrected chi connectivity index (χ1v) is 5.50. The van der Waals surface area contributed by atoms with Crippen molar-refractivity contribution < 1.29 is 18.0 Å². The number of nitrogens with zero attached hydrogens (tertiary/aromatic N) is 1. The highest BCUT2D eigenvalue weighted by Crippen LogP contribution is 2.27. The van der Waals surface area contributed by atoms with E-state index in [1.54, 1.807) is 0 Å². The van der Waals surface area contributed by atoms with Crippen LogP contribution >= 0.6 is 12.4 Å². The van der Waals surface area contributed by atoms with Crippen molar-refractivity contribution >= 4 is 18.3 Å². The average Bonchev–Trinajstić information content (AvgIpc) is 2.57. The smallest absolute Gasteiger partial charge is 0.346 e. The van der Waals surface area contributed by atoms with Gasteiger partial charge in [-0.05, 0) is 24.9 Å². The number of nitrogens with one attached hydrogen (secondary N) is 1. The second-order valence-electron chi connectivity index (χ2n) is 4.87. The van der Waals surface area contributed by atoms with Crippen molar-refractivity contribution in [1.29, 1.82) is 0 Å². The summed E-state index contributed by atoms with van der Waals surface area (Å²) in [7, 11) is 0. The maximum absolute atomic E-state index is 11.9. The number of amides is 1. The molecule has 3 N–H and O–H groups in total. The van der Waals surface area contributed by atoms with Crippen molar-refractivity contribution in [2.45, 2.75) is 19.5 Å². The molecule has 1 heterocycles. The average molecular weight is 290 g/mol. The molecule has 0 aromatic carbocycles. The zero-order valence-electron chi connectivity index (χ0n) is 10.2. The molecule has 108 valence electrons. The molecule has 8 heteroatoms. The van der Waals surface area contributed by atoms with Crippen molar-refractivity contribution in [2.24, 2.45) is 11.1 Å². The van der Waals surface area contributed by atoms with E-state index in [1.165, 1.54) is 0 Å². The molecule has 1 unspecified atom stereocenters. The number of alkyl halides is 3. The van der Waals surface area contributed by atoms with Crippen LogP contribution in [0.1, 0.15) is 13.3 Å². The molecule has 0 spiro atoms. The van der Waals surface area contributed by atoms with Crippen molar-refractivity contribution in [1.82, 2.24) is 10.2 Å². The van der Waals surface area contributed by atoms with E-state index in [0.717, 1.165) is 6.42 Å². The summed E-state index contributed by atoms with van der Waals surface area (Å²) in [5.74, 6) is -0.594. The highest BCUT2D eigenvalue weighted by Gasteiger charge is 2.33. The molecule has 0 aromatic rings. The van der Waals surface area contributed by atoms with Gasteiger partial charge in [-0.1, -0.05) is 6.92 Å². The number of likely N-dealkylation sites (tertiary alicyclic amines) is 1. The minimum Gasteiger partial charge on any atom is -0.346 e. The van der Waals surface area contributed by atoms with E-state index in [9.17, 15) is 18.0 Å². The van der Waals surface area contributed by atoms with Gasteiger partial charge in [-0.25, -0.2) is 0 Å². The van der Waals surface area contributed by atoms with Crippen molar-refractivity contribution in [2.75, 3.05) is 32.7 Å². The van der Waals surface area contributed by atoms with E-state index >= 15 is 0 Å². The van der Waals surface area contributed by atoms with Crippen LogP contribution in [0.2, 0.25) is 0 Å². The normalized spacial score (nSPS) is 24.7. The lowest BCUT2D eigenvalue weighted by Crippen LogP contribution is -2.41. The predicted octanol–water partition coefficient (Wildman–Crippen LogP) is 0.757. The lowest BCUT2D eigenvalue weighted by Gasteiger charge is -2.22. The third-order valence-corrected chi connectivity index (χ3v) is 2.98. The molecule has 1 aliphatic rings. The molecule has 1 aliphatic heterocycles. The molecule has 0 radical (unpaired) electrons. The Kier molecular flexibility index (Phi) is 6.39. The molecule has 0 bridgehead atoms. The quantitative estimate of drug-likeness (QED) is 0.803. The van der Waals surface area contributed by atoms with Crippen LogP contribution < -0.4 is 11.1 Å². The van der Waals surface area contributed by atoms with Crippen LogP contribution in [-0.2, 0) is 4.79 Å². The second-order valence-corrected chi connectivity index (χ2v) is 4.87. The third kappa shape index (κ3) is 5.88. The number of carbonyl (C=O) groups is 1. The van der Waals surface area contributed by atoms with Gasteiger partial charge in [0.05, 0.1) is 6.54 Å². The minimum absolute atomic E-state index is 0. The summed E-state index contributed by atoms with van der Waals surface area (Å²) in [5, 5.41) is 1.86. The van der Waals surface area contributed by atoms with Gasteiger partial charge in [0.25, 0.3) is 0 Å². The number of nitrogens with two attached hydrogens (primary N) is 1. The number of halogens is 4. The van der Waals surface area contributed by atoms with Crippen molar-refractivity contribution in [3.05, 3.63) is 0 Å². The molecular formula is C10H19ClF3N3O. The summed E-state index contributed by atoms with van der Waals surface area (Å²) >= 11 is 0. The fraction of sp³-hybridized carbons (Fsp3) is 0.900. The predicted molar refractivity (Wildman–Crippen MR) is 64.5 cm³/mol. The lowest BCUT2D eigenvalue weighted by atomic mass is 9.90. The molecule has 0 saturated carbocycles. The first kappa shape index (κ1) is 17.5. The lowest BCUT2D eigenvalue weighted by molar-refractivity contribution is -0.138. The maximum atomic E-state index is 11.9. The fourth-order valence-electron chi connectivity index (χ4n) is 1.89. The molecule has 1 rings (SSSR count). The van der Waals surface area contributed by atoms with Gasteiger partial charge >= 0.3 is 6.18 Å². The summed E-state index contributed by atoms with van der Waals surface area (Å²) in [5.41, 5.74) is 5.58. The Morgan fingerprint density at radius 2 is 2.11 bits per heavy atom. The van der Waals surface area contributed by atoms with E-state index in [4.69, 9.17) is 5.73 Å². The van der Waals surface area contributed by atoms with Crippen LogP contribution in [0.4, 0.5) is 13.2 Å². The summed E-state index contributed by atoms with van der Waals surface area (Å²) in [6.45, 7) is 2.63. The van der Waals surface area contributed by atoms with Gasteiger partial charge in [0.2, 0.25) is 5.91 Å². The molecule has 18 heavy (non-hydrogen) atoms. The van der Waals surface area contributed by atoms with E-state index in [-0.39, 0.29) is 24.4 Å². The van der Waals surface area contributed by atoms with Crippen LogP contribution in [0, 0.1) is 5.41 Å². The van der Waals surface area contributed by atoms with E-state index in [1.807, 2.05) is 17.1 Å². The number of hydrogen-bond acceptors (Lipinski definition) is 3. The molecular weight excluding hydrogens is 271 g/mol. The zero-order chi connectivity index (χ0) is 13.1. The Morgan fingerprint density at radius 3 is 2.56 bits per heavy atom. The molecule has 4 nitrogen and oxygen atoms in total. The van der Waals surface area contributed by atoms with Crippen molar-refractivity contribution in [3.8, 4) is 0 Å². The summed E-state index contributed by atoms with van der Waals surface area (Å²) in [6, 6.07) is 0. The SMILES string of the molecule is CC1(CN)CCN(CC(=O)NCC(F)(F)F)C1.Cl. The Bertz CT molecular complexity index is 288. The maximum Gasteiger partial charge on any atom is 0.405 e. The topological polar surface area (TPSA) is 58.4 Å². The van der Waals surface area contributed by atoms with Crippen LogP contribution in [0.3, 0.4) is 0 Å². The van der Waals surface area contributed by atoms with Gasteiger partial charge in [-0.3, -0.25) is 9.69 Å². The monoisotopic (exact) mass is 289 g/mol. The van der Waals surface area contributed by atoms with Gasteiger partial charge in [-0.15, -0.1) is 12.4 Å². The van der Waals surface area contributed by atoms with Crippen LogP contribution in [-0.4, -0.2) is 49.7 Å². The van der Waals surface area contributed by atoms with E-state index in [0.29, 0.717) is 19.6 Å². The summed E-state index contributed by atoms with van der Waals surface area (Å²) in [4.78, 5) is 13.1. The zero-order valence-corrected chi connectivity index (χ0v) is 11.0. The highest BCUT2D eigenvalue weighted by atomic mass is 35.5. The molecule has 1 fully saturated rings. The van der Waals surface area contributed by atoms with Crippen LogP contribution in [0.5, 0.6) is 0 Å². The standard InChI is InChI=1S/C10H18F3N3O.ClH/c1-9(5-14)2-3-16(7-9)4-8(17)15-6-10(11,12)13;/h2-7,14H2,1H3,(H,15,17);1H. The number of carbonyl (C=O) groups excluding carboxylic acids is 1. The molecule has 1 amide bonds. The van der Waals surface area contributed by atoms with Gasteiger partial charge in [0.15, 0.2) is 0 Å². The molecule has 0 aromatic heterocycles.